The van der Waals surface area contributed by atoms with Crippen molar-refractivity contribution in [3.05, 3.63) is 30.2 Å². The Bertz CT molecular complexity index is 587. The van der Waals surface area contributed by atoms with Gasteiger partial charge >= 0.3 is 0 Å². The summed E-state index contributed by atoms with van der Waals surface area (Å²) in [4.78, 5) is 15.8. The molecule has 0 bridgehead atoms. The molecule has 0 unspecified atom stereocenters. The third-order valence-electron chi connectivity index (χ3n) is 3.65. The minimum absolute atomic E-state index is 0.117. The first-order valence-corrected chi connectivity index (χ1v) is 6.58. The van der Waals surface area contributed by atoms with E-state index in [-0.39, 0.29) is 17.9 Å². The van der Waals surface area contributed by atoms with Gasteiger partial charge in [0.15, 0.2) is 12.0 Å². The van der Waals surface area contributed by atoms with Crippen LogP contribution >= 0.6 is 0 Å². The molecule has 3 N–H and O–H groups in total. The van der Waals surface area contributed by atoms with Crippen LogP contribution in [0.5, 0.6) is 0 Å². The van der Waals surface area contributed by atoms with Gasteiger partial charge in [0.2, 0.25) is 5.91 Å². The molecule has 2 aromatic rings. The van der Waals surface area contributed by atoms with Gasteiger partial charge in [-0.2, -0.15) is 0 Å². The molecule has 1 amide bonds. The number of oxazole rings is 1. The molecule has 1 aromatic heterocycles. The van der Waals surface area contributed by atoms with Crippen molar-refractivity contribution in [1.29, 1.82) is 0 Å². The number of nitrogens with zero attached hydrogens (tertiary/aromatic N) is 1. The Balaban J connectivity index is 1.50. The molecule has 3 rings (SSSR count). The first-order chi connectivity index (χ1) is 9.22. The van der Waals surface area contributed by atoms with Crippen LogP contribution in [-0.2, 0) is 11.2 Å². The van der Waals surface area contributed by atoms with Crippen LogP contribution in [0.2, 0.25) is 0 Å². The summed E-state index contributed by atoms with van der Waals surface area (Å²) >= 11 is 0. The van der Waals surface area contributed by atoms with Crippen molar-refractivity contribution < 1.29 is 9.21 Å². The third-order valence-corrected chi connectivity index (χ3v) is 3.65. The lowest BCUT2D eigenvalue weighted by molar-refractivity contribution is -0.127. The first kappa shape index (κ1) is 12.2. The second-order valence-electron chi connectivity index (χ2n) is 5.12. The van der Waals surface area contributed by atoms with Crippen molar-refractivity contribution >= 4 is 17.0 Å². The molecule has 5 heteroatoms. The number of hydrogen-bond acceptors (Lipinski definition) is 4. The average molecular weight is 259 g/mol. The smallest absolute Gasteiger partial charge is 0.223 e. The van der Waals surface area contributed by atoms with Gasteiger partial charge in [0.05, 0.1) is 0 Å². The Labute approximate surface area is 111 Å². The number of benzene rings is 1. The van der Waals surface area contributed by atoms with E-state index in [9.17, 15) is 4.79 Å². The molecular weight excluding hydrogens is 242 g/mol. The van der Waals surface area contributed by atoms with Gasteiger partial charge in [0.1, 0.15) is 5.52 Å². The highest BCUT2D eigenvalue weighted by atomic mass is 16.3. The second-order valence-corrected chi connectivity index (χ2v) is 5.12. The highest BCUT2D eigenvalue weighted by Crippen LogP contribution is 2.25. The van der Waals surface area contributed by atoms with E-state index < -0.39 is 0 Å². The number of carbonyl (C=O) groups excluding carboxylic acids is 1. The number of aromatic nitrogens is 1. The Morgan fingerprint density at radius 3 is 3.11 bits per heavy atom. The maximum atomic E-state index is 11.7. The Kier molecular flexibility index (Phi) is 3.21. The number of nitrogens with one attached hydrogen (secondary N) is 1. The predicted molar refractivity (Wildman–Crippen MR) is 71.4 cm³/mol. The fourth-order valence-corrected chi connectivity index (χ4v) is 2.41. The van der Waals surface area contributed by atoms with Crippen LogP contribution in [0.25, 0.3) is 11.1 Å². The molecule has 5 nitrogen and oxygen atoms in total. The highest BCUT2D eigenvalue weighted by Gasteiger charge is 2.31. The minimum Gasteiger partial charge on any atom is -0.443 e. The lowest BCUT2D eigenvalue weighted by atomic mass is 9.80. The molecule has 0 aliphatic heterocycles. The molecule has 100 valence electrons. The van der Waals surface area contributed by atoms with Crippen molar-refractivity contribution in [3.8, 4) is 0 Å². The molecule has 1 heterocycles. The van der Waals surface area contributed by atoms with Gasteiger partial charge in [-0.25, -0.2) is 4.98 Å². The van der Waals surface area contributed by atoms with Gasteiger partial charge in [0.25, 0.3) is 0 Å². The first-order valence-electron chi connectivity index (χ1n) is 6.58. The molecule has 19 heavy (non-hydrogen) atoms. The van der Waals surface area contributed by atoms with Crippen molar-refractivity contribution in [1.82, 2.24) is 10.3 Å². The highest BCUT2D eigenvalue weighted by molar-refractivity contribution is 5.79. The van der Waals surface area contributed by atoms with Gasteiger partial charge in [0, 0.05) is 18.5 Å². The molecule has 0 spiro atoms. The molecular formula is C14H17N3O2. The largest absolute Gasteiger partial charge is 0.443 e. The molecule has 0 atom stereocenters. The summed E-state index contributed by atoms with van der Waals surface area (Å²) in [5, 5.41) is 2.95. The van der Waals surface area contributed by atoms with Gasteiger partial charge < -0.3 is 15.5 Å². The van der Waals surface area contributed by atoms with Crippen LogP contribution < -0.4 is 11.1 Å². The van der Waals surface area contributed by atoms with Crippen LogP contribution in [0.3, 0.4) is 0 Å². The fourth-order valence-electron chi connectivity index (χ4n) is 2.41. The summed E-state index contributed by atoms with van der Waals surface area (Å²) < 4.78 is 5.25. The number of amides is 1. The zero-order valence-electron chi connectivity index (χ0n) is 10.6. The SMILES string of the molecule is NC1CC(C(=O)NCCc2ccc3ncoc3c2)C1. The summed E-state index contributed by atoms with van der Waals surface area (Å²) in [6, 6.07) is 6.12. The normalized spacial score (nSPS) is 22.2. The number of nitrogens with two attached hydrogens (primary N) is 1. The third kappa shape index (κ3) is 2.61. The average Bonchev–Trinajstić information content (AvgIpc) is 2.82. The van der Waals surface area contributed by atoms with E-state index in [0.29, 0.717) is 6.54 Å². The molecule has 0 saturated heterocycles. The van der Waals surface area contributed by atoms with Gasteiger partial charge in [-0.05, 0) is 37.0 Å². The standard InChI is InChI=1S/C14H17N3O2/c15-11-6-10(7-11)14(18)16-4-3-9-1-2-12-13(5-9)19-8-17-12/h1-2,5,8,10-11H,3-4,6-7,15H2,(H,16,18). The summed E-state index contributed by atoms with van der Waals surface area (Å²) in [7, 11) is 0. The van der Waals surface area contributed by atoms with Crippen LogP contribution in [0, 0.1) is 5.92 Å². The number of hydrogen-bond donors (Lipinski definition) is 2. The van der Waals surface area contributed by atoms with Gasteiger partial charge in [-0.15, -0.1) is 0 Å². The topological polar surface area (TPSA) is 81.2 Å². The van der Waals surface area contributed by atoms with Crippen LogP contribution in [0.15, 0.2) is 29.0 Å². The van der Waals surface area contributed by atoms with E-state index in [1.807, 2.05) is 18.2 Å². The zero-order valence-corrected chi connectivity index (χ0v) is 10.6. The predicted octanol–water partition coefficient (Wildman–Crippen LogP) is 1.22. The lowest BCUT2D eigenvalue weighted by Gasteiger charge is -2.31. The zero-order chi connectivity index (χ0) is 13.2. The quantitative estimate of drug-likeness (QED) is 0.865. The molecule has 1 aliphatic rings. The monoisotopic (exact) mass is 259 g/mol. The molecule has 0 radical (unpaired) electrons. The van der Waals surface area contributed by atoms with E-state index in [2.05, 4.69) is 10.3 Å². The van der Waals surface area contributed by atoms with Crippen molar-refractivity contribution in [2.24, 2.45) is 11.7 Å². The summed E-state index contributed by atoms with van der Waals surface area (Å²) in [5.74, 6) is 0.245. The fraction of sp³-hybridized carbons (Fsp3) is 0.429. The molecule has 1 aromatic carbocycles. The minimum atomic E-state index is 0.117. The molecule has 1 saturated carbocycles. The van der Waals surface area contributed by atoms with Gasteiger partial charge in [-0.3, -0.25) is 4.79 Å². The lowest BCUT2D eigenvalue weighted by Crippen LogP contribution is -2.45. The Morgan fingerprint density at radius 1 is 1.47 bits per heavy atom. The number of rotatable bonds is 4. The summed E-state index contributed by atoms with van der Waals surface area (Å²) in [6.45, 7) is 0.643. The maximum Gasteiger partial charge on any atom is 0.223 e. The van der Waals surface area contributed by atoms with Crippen LogP contribution in [0.1, 0.15) is 18.4 Å². The second kappa shape index (κ2) is 5.01. The van der Waals surface area contributed by atoms with E-state index in [0.717, 1.165) is 35.9 Å². The maximum absolute atomic E-state index is 11.7. The Hall–Kier alpha value is -1.88. The Morgan fingerprint density at radius 2 is 2.32 bits per heavy atom. The van der Waals surface area contributed by atoms with E-state index in [1.54, 1.807) is 0 Å². The number of carbonyl (C=O) groups is 1. The van der Waals surface area contributed by atoms with Crippen molar-refractivity contribution in [2.75, 3.05) is 6.54 Å². The van der Waals surface area contributed by atoms with Crippen molar-refractivity contribution in [2.45, 2.75) is 25.3 Å². The summed E-state index contributed by atoms with van der Waals surface area (Å²) in [6.07, 6.45) is 3.86. The molecule has 1 fully saturated rings. The van der Waals surface area contributed by atoms with Gasteiger partial charge in [-0.1, -0.05) is 6.07 Å². The van der Waals surface area contributed by atoms with E-state index in [4.69, 9.17) is 10.2 Å². The van der Waals surface area contributed by atoms with E-state index >= 15 is 0 Å². The number of fused-ring (bicyclic) bond motifs is 1. The van der Waals surface area contributed by atoms with Crippen molar-refractivity contribution in [3.63, 3.8) is 0 Å². The molecule has 1 aliphatic carbocycles. The van der Waals surface area contributed by atoms with Crippen LogP contribution in [0.4, 0.5) is 0 Å². The van der Waals surface area contributed by atoms with E-state index in [1.165, 1.54) is 6.39 Å². The van der Waals surface area contributed by atoms with Crippen LogP contribution in [-0.4, -0.2) is 23.5 Å². The summed E-state index contributed by atoms with van der Waals surface area (Å²) in [5.41, 5.74) is 8.45.